The van der Waals surface area contributed by atoms with E-state index in [4.69, 9.17) is 9.47 Å². The monoisotopic (exact) mass is 395 g/mol. The van der Waals surface area contributed by atoms with Gasteiger partial charge in [-0.3, -0.25) is 0 Å². The van der Waals surface area contributed by atoms with E-state index in [1.807, 2.05) is 37.3 Å². The summed E-state index contributed by atoms with van der Waals surface area (Å²) in [6.07, 6.45) is 9.83. The van der Waals surface area contributed by atoms with Crippen LogP contribution in [0.15, 0.2) is 54.2 Å². The number of ether oxygens (including phenoxy) is 2. The topological polar surface area (TPSA) is 72.5 Å². The molecule has 0 bridgehead atoms. The number of pyridine rings is 1. The first kappa shape index (κ1) is 20.7. The molecule has 2 amide bonds. The van der Waals surface area contributed by atoms with Crippen molar-refractivity contribution in [3.05, 3.63) is 59.8 Å². The Morgan fingerprint density at radius 3 is 2.69 bits per heavy atom. The van der Waals surface area contributed by atoms with Crippen LogP contribution in [-0.2, 0) is 6.54 Å². The van der Waals surface area contributed by atoms with Crippen LogP contribution in [0.25, 0.3) is 0 Å². The molecule has 0 spiro atoms. The number of hydrogen-bond acceptors (Lipinski definition) is 4. The van der Waals surface area contributed by atoms with E-state index in [2.05, 4.69) is 21.7 Å². The molecule has 1 aromatic heterocycles. The number of allylic oxidation sites excluding steroid dienone is 1. The van der Waals surface area contributed by atoms with Gasteiger partial charge < -0.3 is 20.1 Å². The largest absolute Gasteiger partial charge is 0.490 e. The van der Waals surface area contributed by atoms with Crippen LogP contribution in [0.1, 0.15) is 44.6 Å². The van der Waals surface area contributed by atoms with Crippen molar-refractivity contribution in [2.24, 2.45) is 0 Å². The molecule has 1 heterocycles. The summed E-state index contributed by atoms with van der Waals surface area (Å²) in [4.78, 5) is 16.3. The number of aromatic nitrogens is 1. The van der Waals surface area contributed by atoms with Crippen molar-refractivity contribution in [3.63, 3.8) is 0 Å². The van der Waals surface area contributed by atoms with E-state index >= 15 is 0 Å². The molecule has 1 aromatic carbocycles. The van der Waals surface area contributed by atoms with E-state index in [1.165, 1.54) is 31.3 Å². The van der Waals surface area contributed by atoms with Crippen molar-refractivity contribution in [1.82, 2.24) is 15.6 Å². The third-order valence-electron chi connectivity index (χ3n) is 4.73. The second-order valence-corrected chi connectivity index (χ2v) is 6.95. The maximum Gasteiger partial charge on any atom is 0.315 e. The van der Waals surface area contributed by atoms with E-state index in [-0.39, 0.29) is 6.03 Å². The van der Waals surface area contributed by atoms with Crippen LogP contribution >= 0.6 is 0 Å². The molecular weight excluding hydrogens is 366 g/mol. The summed E-state index contributed by atoms with van der Waals surface area (Å²) in [6.45, 7) is 3.58. The molecule has 3 rings (SSSR count). The molecule has 154 valence electrons. The Morgan fingerprint density at radius 2 is 1.97 bits per heavy atom. The van der Waals surface area contributed by atoms with Crippen LogP contribution < -0.4 is 20.1 Å². The van der Waals surface area contributed by atoms with Crippen LogP contribution in [0.3, 0.4) is 0 Å². The molecule has 0 aliphatic heterocycles. The minimum atomic E-state index is -0.160. The van der Waals surface area contributed by atoms with Crippen molar-refractivity contribution in [2.45, 2.75) is 45.6 Å². The Bertz CT molecular complexity index is 818. The third-order valence-corrected chi connectivity index (χ3v) is 4.73. The summed E-state index contributed by atoms with van der Waals surface area (Å²) < 4.78 is 11.4. The molecule has 1 aliphatic rings. The molecule has 29 heavy (non-hydrogen) atoms. The van der Waals surface area contributed by atoms with Crippen LogP contribution in [0.4, 0.5) is 4.79 Å². The number of hydrogen-bond donors (Lipinski definition) is 2. The van der Waals surface area contributed by atoms with Gasteiger partial charge in [0.05, 0.1) is 6.61 Å². The van der Waals surface area contributed by atoms with Gasteiger partial charge in [-0.05, 0) is 56.7 Å². The summed E-state index contributed by atoms with van der Waals surface area (Å²) in [5.41, 5.74) is 2.36. The SMILES string of the molecule is CCOc1ccccc1Oc1ccc(CNC(=O)NCCC2=CCCCC2)cn1. The van der Waals surface area contributed by atoms with E-state index < -0.39 is 0 Å². The van der Waals surface area contributed by atoms with Gasteiger partial charge >= 0.3 is 6.03 Å². The summed E-state index contributed by atoms with van der Waals surface area (Å²) in [5.74, 6) is 1.79. The van der Waals surface area contributed by atoms with Gasteiger partial charge in [-0.1, -0.05) is 29.8 Å². The highest BCUT2D eigenvalue weighted by atomic mass is 16.5. The first-order valence-corrected chi connectivity index (χ1v) is 10.3. The molecule has 0 unspecified atom stereocenters. The lowest BCUT2D eigenvalue weighted by atomic mass is 9.97. The first-order valence-electron chi connectivity index (χ1n) is 10.3. The van der Waals surface area contributed by atoms with E-state index in [9.17, 15) is 4.79 Å². The molecule has 6 heteroatoms. The molecule has 0 saturated carbocycles. The molecule has 1 aliphatic carbocycles. The minimum Gasteiger partial charge on any atom is -0.490 e. The Hall–Kier alpha value is -3.02. The molecular formula is C23H29N3O3. The van der Waals surface area contributed by atoms with Gasteiger partial charge in [-0.2, -0.15) is 0 Å². The van der Waals surface area contributed by atoms with Gasteiger partial charge in [-0.15, -0.1) is 0 Å². The maximum absolute atomic E-state index is 12.0. The standard InChI is InChI=1S/C23H29N3O3/c1-2-28-20-10-6-7-11-21(20)29-22-13-12-19(16-25-22)17-26-23(27)24-15-14-18-8-4-3-5-9-18/h6-8,10-13,16H,2-5,9,14-15,17H2,1H3,(H2,24,26,27). The van der Waals surface area contributed by atoms with Crippen molar-refractivity contribution in [1.29, 1.82) is 0 Å². The van der Waals surface area contributed by atoms with Crippen LogP contribution in [0.2, 0.25) is 0 Å². The van der Waals surface area contributed by atoms with Crippen LogP contribution in [-0.4, -0.2) is 24.2 Å². The second-order valence-electron chi connectivity index (χ2n) is 6.95. The Morgan fingerprint density at radius 1 is 1.10 bits per heavy atom. The number of nitrogens with zero attached hydrogens (tertiary/aromatic N) is 1. The van der Waals surface area contributed by atoms with Gasteiger partial charge in [0, 0.05) is 25.4 Å². The maximum atomic E-state index is 12.0. The number of carbonyl (C=O) groups is 1. The Balaban J connectivity index is 1.42. The number of benzene rings is 1. The highest BCUT2D eigenvalue weighted by Crippen LogP contribution is 2.30. The van der Waals surface area contributed by atoms with Crippen molar-refractivity contribution in [3.8, 4) is 17.4 Å². The molecule has 0 saturated heterocycles. The lowest BCUT2D eigenvalue weighted by Crippen LogP contribution is -2.35. The predicted octanol–water partition coefficient (Wildman–Crippen LogP) is 4.96. The zero-order valence-electron chi connectivity index (χ0n) is 16.9. The van der Waals surface area contributed by atoms with Gasteiger partial charge in [0.15, 0.2) is 11.5 Å². The van der Waals surface area contributed by atoms with Crippen molar-refractivity contribution >= 4 is 6.03 Å². The number of nitrogens with one attached hydrogen (secondary N) is 2. The lowest BCUT2D eigenvalue weighted by molar-refractivity contribution is 0.240. The Kier molecular flexibility index (Phi) is 7.92. The van der Waals surface area contributed by atoms with Gasteiger partial charge in [0.25, 0.3) is 0 Å². The fourth-order valence-corrected chi connectivity index (χ4v) is 3.21. The fourth-order valence-electron chi connectivity index (χ4n) is 3.21. The number of para-hydroxylation sites is 2. The molecule has 6 nitrogen and oxygen atoms in total. The summed E-state index contributed by atoms with van der Waals surface area (Å²) in [7, 11) is 0. The highest BCUT2D eigenvalue weighted by molar-refractivity contribution is 5.73. The zero-order chi connectivity index (χ0) is 20.3. The molecule has 2 N–H and O–H groups in total. The van der Waals surface area contributed by atoms with Gasteiger partial charge in [0.2, 0.25) is 5.88 Å². The van der Waals surface area contributed by atoms with Crippen molar-refractivity contribution < 1.29 is 14.3 Å². The number of amides is 2. The average Bonchev–Trinajstić information content (AvgIpc) is 2.76. The van der Waals surface area contributed by atoms with Gasteiger partial charge in [0.1, 0.15) is 0 Å². The van der Waals surface area contributed by atoms with E-state index in [0.29, 0.717) is 37.1 Å². The number of carbonyl (C=O) groups excluding carboxylic acids is 1. The zero-order valence-corrected chi connectivity index (χ0v) is 16.9. The Labute approximate surface area is 172 Å². The summed E-state index contributed by atoms with van der Waals surface area (Å²) >= 11 is 0. The van der Waals surface area contributed by atoms with Crippen molar-refractivity contribution in [2.75, 3.05) is 13.2 Å². The fraction of sp³-hybridized carbons (Fsp3) is 0.391. The number of rotatable bonds is 9. The molecule has 0 radical (unpaired) electrons. The van der Waals surface area contributed by atoms with Gasteiger partial charge in [-0.25, -0.2) is 9.78 Å². The predicted molar refractivity (Wildman–Crippen MR) is 113 cm³/mol. The molecule has 2 aromatic rings. The highest BCUT2D eigenvalue weighted by Gasteiger charge is 2.07. The van der Waals surface area contributed by atoms with Crippen LogP contribution in [0, 0.1) is 0 Å². The molecule has 0 fully saturated rings. The summed E-state index contributed by atoms with van der Waals surface area (Å²) in [6, 6.07) is 11.0. The second kappa shape index (κ2) is 11.1. The van der Waals surface area contributed by atoms with E-state index in [1.54, 1.807) is 12.3 Å². The first-order chi connectivity index (χ1) is 14.2. The normalized spacial score (nSPS) is 13.3. The lowest BCUT2D eigenvalue weighted by Gasteiger charge is -2.13. The third kappa shape index (κ3) is 6.82. The van der Waals surface area contributed by atoms with E-state index in [0.717, 1.165) is 12.0 Å². The minimum absolute atomic E-state index is 0.160. The summed E-state index contributed by atoms with van der Waals surface area (Å²) in [5, 5.41) is 5.77. The molecule has 0 atom stereocenters. The smallest absolute Gasteiger partial charge is 0.315 e. The van der Waals surface area contributed by atoms with Crippen LogP contribution in [0.5, 0.6) is 17.4 Å². The quantitative estimate of drug-likeness (QED) is 0.589. The average molecular weight is 396 g/mol. The number of urea groups is 1.